The third kappa shape index (κ3) is 4.61. The second-order valence-corrected chi connectivity index (χ2v) is 7.01. The minimum absolute atomic E-state index is 0.190. The van der Waals surface area contributed by atoms with Crippen molar-refractivity contribution >= 4 is 66.9 Å². The topological polar surface area (TPSA) is 91.1 Å². The van der Waals surface area contributed by atoms with Gasteiger partial charge in [-0.05, 0) is 12.1 Å². The first kappa shape index (κ1) is 18.1. The number of nitrogens with one attached hydrogen (secondary N) is 1. The summed E-state index contributed by atoms with van der Waals surface area (Å²) < 4.78 is 14.8. The highest BCUT2D eigenvalue weighted by atomic mass is 79.9. The number of halogens is 3. The molecule has 0 aromatic heterocycles. The van der Waals surface area contributed by atoms with Gasteiger partial charge >= 0.3 is 5.97 Å². The Bertz CT molecular complexity index is 712. The SMILES string of the molecule is O=C(O)CC1SC(=NN=Cc2ccc(Br)c(CBr)c2F)NC1=O. The number of hydrogen-bond donors (Lipinski definition) is 2. The van der Waals surface area contributed by atoms with E-state index in [1.54, 1.807) is 12.1 Å². The molecule has 0 radical (unpaired) electrons. The molecule has 2 rings (SSSR count). The molecule has 122 valence electrons. The van der Waals surface area contributed by atoms with Gasteiger partial charge in [0.05, 0.1) is 12.6 Å². The predicted molar refractivity (Wildman–Crippen MR) is 93.5 cm³/mol. The van der Waals surface area contributed by atoms with E-state index in [2.05, 4.69) is 47.4 Å². The fourth-order valence-corrected chi connectivity index (χ4v) is 4.01. The molecule has 1 atom stereocenters. The predicted octanol–water partition coefficient (Wildman–Crippen LogP) is 2.88. The van der Waals surface area contributed by atoms with Gasteiger partial charge in [-0.15, -0.1) is 5.10 Å². The molecule has 10 heteroatoms. The Morgan fingerprint density at radius 3 is 2.91 bits per heavy atom. The zero-order chi connectivity index (χ0) is 17.0. The Morgan fingerprint density at radius 1 is 1.52 bits per heavy atom. The Labute approximate surface area is 151 Å². The lowest BCUT2D eigenvalue weighted by atomic mass is 10.1. The van der Waals surface area contributed by atoms with Gasteiger partial charge in [-0.1, -0.05) is 43.6 Å². The molecule has 1 saturated heterocycles. The number of carboxylic acids is 1. The first-order chi connectivity index (χ1) is 10.9. The summed E-state index contributed by atoms with van der Waals surface area (Å²) in [7, 11) is 0. The number of hydrogen-bond acceptors (Lipinski definition) is 5. The highest BCUT2D eigenvalue weighted by molar-refractivity contribution is 9.10. The third-order valence-electron chi connectivity index (χ3n) is 2.83. The first-order valence-electron chi connectivity index (χ1n) is 6.25. The molecule has 1 aliphatic rings. The fourth-order valence-electron chi connectivity index (χ4n) is 1.73. The number of aliphatic carboxylic acids is 1. The maximum Gasteiger partial charge on any atom is 0.305 e. The van der Waals surface area contributed by atoms with Crippen LogP contribution in [-0.2, 0) is 14.9 Å². The van der Waals surface area contributed by atoms with Crippen LogP contribution >= 0.6 is 43.6 Å². The number of carbonyl (C=O) groups excluding carboxylic acids is 1. The zero-order valence-electron chi connectivity index (χ0n) is 11.4. The standard InChI is InChI=1S/C13H10Br2FN3O3S/c14-4-7-8(15)2-1-6(11(7)16)5-17-19-13-18-12(22)9(23-13)3-10(20)21/h1-2,5,9H,3-4H2,(H,20,21)(H,18,19,22). The number of rotatable bonds is 5. The summed E-state index contributed by atoms with van der Waals surface area (Å²) in [5.41, 5.74) is 0.718. The molecule has 0 aliphatic carbocycles. The van der Waals surface area contributed by atoms with Gasteiger partial charge < -0.3 is 10.4 Å². The summed E-state index contributed by atoms with van der Waals surface area (Å²) in [4.78, 5) is 22.1. The van der Waals surface area contributed by atoms with Crippen molar-refractivity contribution in [2.45, 2.75) is 17.0 Å². The van der Waals surface area contributed by atoms with E-state index in [1.807, 2.05) is 0 Å². The molecule has 1 aromatic rings. The average Bonchev–Trinajstić information content (AvgIpc) is 2.81. The molecule has 1 aromatic carbocycles. The van der Waals surface area contributed by atoms with Crippen LogP contribution in [0.4, 0.5) is 4.39 Å². The average molecular weight is 467 g/mol. The maximum absolute atomic E-state index is 14.2. The van der Waals surface area contributed by atoms with Crippen LogP contribution in [0.25, 0.3) is 0 Å². The molecule has 1 unspecified atom stereocenters. The summed E-state index contributed by atoms with van der Waals surface area (Å²) in [5, 5.41) is 18.5. The molecule has 2 N–H and O–H groups in total. The van der Waals surface area contributed by atoms with Gasteiger partial charge in [-0.2, -0.15) is 5.10 Å². The second kappa shape index (κ2) is 8.02. The summed E-state index contributed by atoms with van der Waals surface area (Å²) in [6.07, 6.45) is 0.938. The number of alkyl halides is 1. The summed E-state index contributed by atoms with van der Waals surface area (Å²) in [6, 6.07) is 3.24. The van der Waals surface area contributed by atoms with E-state index >= 15 is 0 Å². The van der Waals surface area contributed by atoms with Crippen LogP contribution in [-0.4, -0.2) is 33.6 Å². The van der Waals surface area contributed by atoms with Gasteiger partial charge in [-0.3, -0.25) is 9.59 Å². The number of benzene rings is 1. The number of nitrogens with zero attached hydrogens (tertiary/aromatic N) is 2. The smallest absolute Gasteiger partial charge is 0.305 e. The molecule has 23 heavy (non-hydrogen) atoms. The summed E-state index contributed by atoms with van der Waals surface area (Å²) in [5.74, 6) is -1.92. The van der Waals surface area contributed by atoms with Crippen LogP contribution < -0.4 is 5.32 Å². The molecular formula is C13H10Br2FN3O3S. The van der Waals surface area contributed by atoms with E-state index in [9.17, 15) is 14.0 Å². The van der Waals surface area contributed by atoms with E-state index in [1.165, 1.54) is 6.21 Å². The number of amidine groups is 1. The van der Waals surface area contributed by atoms with Crippen molar-refractivity contribution in [2.75, 3.05) is 0 Å². The van der Waals surface area contributed by atoms with Crippen molar-refractivity contribution in [3.8, 4) is 0 Å². The normalized spacial score (nSPS) is 19.5. The molecule has 1 heterocycles. The van der Waals surface area contributed by atoms with Crippen LogP contribution in [0.2, 0.25) is 0 Å². The molecule has 1 amide bonds. The van der Waals surface area contributed by atoms with Gasteiger partial charge in [0.2, 0.25) is 5.91 Å². The maximum atomic E-state index is 14.2. The number of carboxylic acid groups (broad SMARTS) is 1. The van der Waals surface area contributed by atoms with Crippen LogP contribution in [0.5, 0.6) is 0 Å². The fraction of sp³-hybridized carbons (Fsp3) is 0.231. The van der Waals surface area contributed by atoms with Crippen LogP contribution in [0, 0.1) is 5.82 Å². The largest absolute Gasteiger partial charge is 0.481 e. The Hall–Kier alpha value is -1.26. The molecule has 6 nitrogen and oxygen atoms in total. The van der Waals surface area contributed by atoms with Crippen molar-refractivity contribution in [3.63, 3.8) is 0 Å². The number of amides is 1. The molecule has 0 spiro atoms. The van der Waals surface area contributed by atoms with Crippen molar-refractivity contribution in [2.24, 2.45) is 10.2 Å². The Balaban J connectivity index is 2.10. The highest BCUT2D eigenvalue weighted by Crippen LogP contribution is 2.25. The molecule has 0 bridgehead atoms. The quantitative estimate of drug-likeness (QED) is 0.396. The van der Waals surface area contributed by atoms with Gasteiger partial charge in [0.15, 0.2) is 5.17 Å². The molecular weight excluding hydrogens is 457 g/mol. The first-order valence-corrected chi connectivity index (χ1v) is 9.05. The highest BCUT2D eigenvalue weighted by Gasteiger charge is 2.32. The number of carbonyl (C=O) groups is 2. The van der Waals surface area contributed by atoms with Crippen LogP contribution in [0.15, 0.2) is 26.8 Å². The van der Waals surface area contributed by atoms with Crippen molar-refractivity contribution < 1.29 is 19.1 Å². The van der Waals surface area contributed by atoms with Gasteiger partial charge in [0, 0.05) is 20.9 Å². The molecule has 1 aliphatic heterocycles. The van der Waals surface area contributed by atoms with Gasteiger partial charge in [-0.25, -0.2) is 4.39 Å². The third-order valence-corrected chi connectivity index (χ3v) is 5.21. The lowest BCUT2D eigenvalue weighted by molar-refractivity contribution is -0.138. The van der Waals surface area contributed by atoms with E-state index in [0.29, 0.717) is 15.4 Å². The summed E-state index contributed by atoms with van der Waals surface area (Å²) in [6.45, 7) is 0. The Kier molecular flexibility index (Phi) is 6.31. The van der Waals surface area contributed by atoms with Crippen molar-refractivity contribution in [1.82, 2.24) is 5.32 Å². The lowest BCUT2D eigenvalue weighted by Crippen LogP contribution is -2.26. The minimum atomic E-state index is -1.07. The van der Waals surface area contributed by atoms with E-state index in [0.717, 1.165) is 11.8 Å². The lowest BCUT2D eigenvalue weighted by Gasteiger charge is -2.04. The molecule has 1 fully saturated rings. The Morgan fingerprint density at radius 2 is 2.26 bits per heavy atom. The van der Waals surface area contributed by atoms with Crippen molar-refractivity contribution in [3.05, 3.63) is 33.5 Å². The van der Waals surface area contributed by atoms with Gasteiger partial charge in [0.1, 0.15) is 11.1 Å². The minimum Gasteiger partial charge on any atom is -0.481 e. The van der Waals surface area contributed by atoms with Crippen LogP contribution in [0.3, 0.4) is 0 Å². The number of thioether (sulfide) groups is 1. The molecule has 0 saturated carbocycles. The van der Waals surface area contributed by atoms with E-state index in [4.69, 9.17) is 5.11 Å². The van der Waals surface area contributed by atoms with E-state index in [-0.39, 0.29) is 17.2 Å². The van der Waals surface area contributed by atoms with E-state index < -0.39 is 22.9 Å². The zero-order valence-corrected chi connectivity index (χ0v) is 15.4. The summed E-state index contributed by atoms with van der Waals surface area (Å²) >= 11 is 7.45. The monoisotopic (exact) mass is 465 g/mol. The van der Waals surface area contributed by atoms with Crippen molar-refractivity contribution in [1.29, 1.82) is 0 Å². The van der Waals surface area contributed by atoms with Gasteiger partial charge in [0.25, 0.3) is 0 Å². The second-order valence-electron chi connectivity index (χ2n) is 4.41. The van der Waals surface area contributed by atoms with Crippen LogP contribution in [0.1, 0.15) is 17.5 Å².